The molecule has 1 N–H and O–H groups in total. The summed E-state index contributed by atoms with van der Waals surface area (Å²) in [6.07, 6.45) is -6.52. The zero-order valence-corrected chi connectivity index (χ0v) is 5.98. The summed E-state index contributed by atoms with van der Waals surface area (Å²) in [7, 11) is 0. The van der Waals surface area contributed by atoms with Gasteiger partial charge in [0.25, 0.3) is 0 Å². The number of aliphatic carboxylic acids is 1. The molecular formula is C4HF6NO3. The summed E-state index contributed by atoms with van der Waals surface area (Å²) in [5.74, 6) is -15.2. The Morgan fingerprint density at radius 2 is 1.43 bits per heavy atom. The summed E-state index contributed by atoms with van der Waals surface area (Å²) in [5.41, 5.74) is 0. The summed E-state index contributed by atoms with van der Waals surface area (Å²) in [6.45, 7) is 0. The van der Waals surface area contributed by atoms with Gasteiger partial charge in [-0.25, -0.2) is 4.79 Å². The molecular weight excluding hydrogens is 224 g/mol. The normalized spacial score (nSPS) is 17.3. The fourth-order valence-electron chi connectivity index (χ4n) is 0.418. The third kappa shape index (κ3) is 1.51. The Morgan fingerprint density at radius 3 is 1.50 bits per heavy atom. The Balaban J connectivity index is 5.45. The second kappa shape index (κ2) is 3.10. The highest BCUT2D eigenvalue weighted by Gasteiger charge is 2.77. The maximum atomic E-state index is 12.4. The molecule has 10 heteroatoms. The lowest BCUT2D eigenvalue weighted by Crippen LogP contribution is -2.57. The van der Waals surface area contributed by atoms with Crippen molar-refractivity contribution in [2.75, 3.05) is 0 Å². The van der Waals surface area contributed by atoms with Crippen LogP contribution in [0.3, 0.4) is 0 Å². The predicted octanol–water partition coefficient (Wildman–Crippen LogP) is 1.70. The van der Waals surface area contributed by atoms with Crippen LogP contribution >= 0.6 is 0 Å². The highest BCUT2D eigenvalue weighted by atomic mass is 19.4. The fraction of sp³-hybridized carbons (Fsp3) is 0.750. The number of carboxylic acids is 1. The van der Waals surface area contributed by atoms with Crippen LogP contribution in [0.15, 0.2) is 5.18 Å². The van der Waals surface area contributed by atoms with Gasteiger partial charge in [0.1, 0.15) is 0 Å². The molecule has 0 bridgehead atoms. The van der Waals surface area contributed by atoms with E-state index in [4.69, 9.17) is 5.11 Å². The van der Waals surface area contributed by atoms with Crippen LogP contribution in [0, 0.1) is 4.91 Å². The minimum atomic E-state index is -6.52. The van der Waals surface area contributed by atoms with Crippen molar-refractivity contribution in [3.63, 3.8) is 0 Å². The molecule has 0 aromatic heterocycles. The molecule has 1 atom stereocenters. The predicted molar refractivity (Wildman–Crippen MR) is 28.3 cm³/mol. The average molecular weight is 225 g/mol. The molecule has 0 aliphatic heterocycles. The van der Waals surface area contributed by atoms with Crippen LogP contribution in [0.4, 0.5) is 26.3 Å². The summed E-state index contributed by atoms with van der Waals surface area (Å²) in [5, 5.41) is 8.35. The molecule has 82 valence electrons. The number of carbonyl (C=O) groups is 1. The molecule has 0 heterocycles. The quantitative estimate of drug-likeness (QED) is 0.451. The van der Waals surface area contributed by atoms with Gasteiger partial charge in [-0.1, -0.05) is 0 Å². The van der Waals surface area contributed by atoms with Gasteiger partial charge >= 0.3 is 23.9 Å². The van der Waals surface area contributed by atoms with Gasteiger partial charge in [0.15, 0.2) is 0 Å². The monoisotopic (exact) mass is 225 g/mol. The number of hydrogen-bond acceptors (Lipinski definition) is 3. The molecule has 4 nitrogen and oxygen atoms in total. The Bertz CT molecular complexity index is 262. The minimum absolute atomic E-state index is 0.671. The molecule has 0 aliphatic carbocycles. The molecule has 0 aromatic rings. The van der Waals surface area contributed by atoms with Gasteiger partial charge < -0.3 is 5.11 Å². The van der Waals surface area contributed by atoms with E-state index in [1.807, 2.05) is 0 Å². The van der Waals surface area contributed by atoms with Crippen LogP contribution in [-0.4, -0.2) is 29.0 Å². The van der Waals surface area contributed by atoms with Gasteiger partial charge in [-0.15, -0.1) is 4.91 Å². The van der Waals surface area contributed by atoms with Crippen LogP contribution in [0.25, 0.3) is 0 Å². The summed E-state index contributed by atoms with van der Waals surface area (Å²) >= 11 is 0. The third-order valence-electron chi connectivity index (χ3n) is 1.18. The Hall–Kier alpha value is -1.35. The van der Waals surface area contributed by atoms with Crippen molar-refractivity contribution in [3.05, 3.63) is 4.91 Å². The molecule has 0 spiro atoms. The Kier molecular flexibility index (Phi) is 2.80. The van der Waals surface area contributed by atoms with E-state index in [-0.39, 0.29) is 0 Å². The molecule has 0 aromatic carbocycles. The van der Waals surface area contributed by atoms with Crippen LogP contribution in [0.1, 0.15) is 0 Å². The smallest absolute Gasteiger partial charge is 0.459 e. The maximum Gasteiger partial charge on any atom is 0.459 e. The SMILES string of the molecule is O=NC(F)(C(=O)O)C(F)(F)C(F)(F)F. The summed E-state index contributed by atoms with van der Waals surface area (Å²) < 4.78 is 70.8. The highest BCUT2D eigenvalue weighted by Crippen LogP contribution is 2.46. The average Bonchev–Trinajstić information content (AvgIpc) is 2.00. The molecule has 0 fully saturated rings. The van der Waals surface area contributed by atoms with Gasteiger partial charge in [0.2, 0.25) is 0 Å². The van der Waals surface area contributed by atoms with Crippen LogP contribution < -0.4 is 0 Å². The second-order valence-electron chi connectivity index (χ2n) is 2.09. The Labute approximate surface area is 71.5 Å². The lowest BCUT2D eigenvalue weighted by molar-refractivity contribution is -0.322. The van der Waals surface area contributed by atoms with Gasteiger partial charge in [-0.05, 0) is 5.18 Å². The van der Waals surface area contributed by atoms with Crippen molar-refractivity contribution in [3.8, 4) is 0 Å². The first-order valence-electron chi connectivity index (χ1n) is 2.72. The first-order chi connectivity index (χ1) is 6.00. The van der Waals surface area contributed by atoms with E-state index in [9.17, 15) is 36.0 Å². The lowest BCUT2D eigenvalue weighted by Gasteiger charge is -2.25. The first kappa shape index (κ1) is 12.7. The minimum Gasteiger partial charge on any atom is -0.477 e. The van der Waals surface area contributed by atoms with Crippen molar-refractivity contribution in [1.82, 2.24) is 0 Å². The lowest BCUT2D eigenvalue weighted by atomic mass is 10.1. The zero-order valence-electron chi connectivity index (χ0n) is 5.98. The first-order valence-corrected chi connectivity index (χ1v) is 2.72. The van der Waals surface area contributed by atoms with Gasteiger partial charge in [-0.3, -0.25) is 0 Å². The van der Waals surface area contributed by atoms with E-state index >= 15 is 0 Å². The number of rotatable bonds is 3. The number of nitrogens with zero attached hydrogens (tertiary/aromatic N) is 1. The van der Waals surface area contributed by atoms with Gasteiger partial charge in [0.05, 0.1) is 0 Å². The standard InChI is InChI=1S/C4HF6NO3/c5-2(11-14,1(12)13)3(6,7)4(8,9)10/h(H,12,13). The van der Waals surface area contributed by atoms with Crippen molar-refractivity contribution in [2.24, 2.45) is 5.18 Å². The van der Waals surface area contributed by atoms with Crippen molar-refractivity contribution in [2.45, 2.75) is 17.9 Å². The molecule has 0 aliphatic rings. The molecule has 1 unspecified atom stereocenters. The number of alkyl halides is 6. The Morgan fingerprint density at radius 1 is 1.07 bits per heavy atom. The van der Waals surface area contributed by atoms with Gasteiger partial charge in [-0.2, -0.15) is 26.3 Å². The second-order valence-corrected chi connectivity index (χ2v) is 2.09. The molecule has 0 rings (SSSR count). The topological polar surface area (TPSA) is 66.7 Å². The highest BCUT2D eigenvalue weighted by molar-refractivity contribution is 5.78. The number of halogens is 6. The van der Waals surface area contributed by atoms with E-state index in [1.165, 1.54) is 0 Å². The van der Waals surface area contributed by atoms with E-state index in [0.29, 0.717) is 5.18 Å². The van der Waals surface area contributed by atoms with Crippen LogP contribution in [-0.2, 0) is 4.79 Å². The molecule has 0 amide bonds. The van der Waals surface area contributed by atoms with E-state index in [2.05, 4.69) is 0 Å². The zero-order chi connectivity index (χ0) is 11.8. The van der Waals surface area contributed by atoms with E-state index in [1.54, 1.807) is 0 Å². The largest absolute Gasteiger partial charge is 0.477 e. The van der Waals surface area contributed by atoms with Crippen molar-refractivity contribution < 1.29 is 36.2 Å². The molecule has 0 saturated carbocycles. The summed E-state index contributed by atoms with van der Waals surface area (Å²) in [4.78, 5) is 19.1. The fourth-order valence-corrected chi connectivity index (χ4v) is 0.418. The molecule has 0 saturated heterocycles. The molecule has 14 heavy (non-hydrogen) atoms. The third-order valence-corrected chi connectivity index (χ3v) is 1.18. The van der Waals surface area contributed by atoms with Crippen LogP contribution in [0.5, 0.6) is 0 Å². The number of carboxylic acid groups (broad SMARTS) is 1. The van der Waals surface area contributed by atoms with Gasteiger partial charge in [0, 0.05) is 0 Å². The summed E-state index contributed by atoms with van der Waals surface area (Å²) in [6, 6.07) is 0. The molecule has 0 radical (unpaired) electrons. The van der Waals surface area contributed by atoms with Crippen LogP contribution in [0.2, 0.25) is 0 Å². The van der Waals surface area contributed by atoms with Crippen molar-refractivity contribution in [1.29, 1.82) is 0 Å². The maximum absolute atomic E-state index is 12.4. The van der Waals surface area contributed by atoms with Crippen molar-refractivity contribution >= 4 is 5.97 Å². The number of hydrogen-bond donors (Lipinski definition) is 1. The van der Waals surface area contributed by atoms with E-state index in [0.717, 1.165) is 0 Å². The number of nitroso groups, excluding NO2 is 1. The van der Waals surface area contributed by atoms with E-state index < -0.39 is 23.9 Å².